The molecule has 15 heavy (non-hydrogen) atoms. The van der Waals surface area contributed by atoms with Gasteiger partial charge in [0.1, 0.15) is 0 Å². The fourth-order valence-corrected chi connectivity index (χ4v) is 1.72. The summed E-state index contributed by atoms with van der Waals surface area (Å²) in [4.78, 5) is 0. The summed E-state index contributed by atoms with van der Waals surface area (Å²) < 4.78 is 2.08. The Labute approximate surface area is 89.7 Å². The van der Waals surface area contributed by atoms with E-state index in [1.165, 1.54) is 10.9 Å². The van der Waals surface area contributed by atoms with E-state index in [9.17, 15) is 0 Å². The van der Waals surface area contributed by atoms with Gasteiger partial charge in [-0.25, -0.2) is 0 Å². The standard InChI is InChI=1S/C13H14N2/c1-13(2,9-14)11-5-4-10-6-7-15(3)12(10)8-11/h4-8H,1-3H3. The van der Waals surface area contributed by atoms with Crippen molar-refractivity contribution in [1.82, 2.24) is 4.57 Å². The zero-order valence-corrected chi connectivity index (χ0v) is 9.28. The first kappa shape index (κ1) is 9.79. The molecule has 0 saturated heterocycles. The lowest BCUT2D eigenvalue weighted by Gasteiger charge is -2.15. The summed E-state index contributed by atoms with van der Waals surface area (Å²) in [5.41, 5.74) is 1.83. The monoisotopic (exact) mass is 198 g/mol. The maximum absolute atomic E-state index is 9.08. The topological polar surface area (TPSA) is 28.7 Å². The van der Waals surface area contributed by atoms with Crippen LogP contribution >= 0.6 is 0 Å². The van der Waals surface area contributed by atoms with Crippen molar-refractivity contribution in [2.45, 2.75) is 19.3 Å². The first-order valence-corrected chi connectivity index (χ1v) is 5.01. The first-order valence-electron chi connectivity index (χ1n) is 5.01. The molecule has 0 bridgehead atoms. The number of nitrogens with zero attached hydrogens (tertiary/aromatic N) is 2. The van der Waals surface area contributed by atoms with Gasteiger partial charge in [0.05, 0.1) is 11.5 Å². The van der Waals surface area contributed by atoms with E-state index >= 15 is 0 Å². The van der Waals surface area contributed by atoms with Gasteiger partial charge in [-0.05, 0) is 36.9 Å². The van der Waals surface area contributed by atoms with Crippen LogP contribution in [0.3, 0.4) is 0 Å². The maximum atomic E-state index is 9.08. The molecule has 0 spiro atoms. The molecule has 2 aromatic rings. The molecule has 0 atom stereocenters. The van der Waals surface area contributed by atoms with Crippen molar-refractivity contribution in [2.75, 3.05) is 0 Å². The Morgan fingerprint density at radius 2 is 2.00 bits per heavy atom. The molecule has 0 saturated carbocycles. The number of hydrogen-bond donors (Lipinski definition) is 0. The Morgan fingerprint density at radius 3 is 2.67 bits per heavy atom. The van der Waals surface area contributed by atoms with E-state index in [1.807, 2.05) is 33.2 Å². The van der Waals surface area contributed by atoms with Gasteiger partial charge in [-0.2, -0.15) is 5.26 Å². The van der Waals surface area contributed by atoms with Gasteiger partial charge >= 0.3 is 0 Å². The SMILES string of the molecule is Cn1ccc2ccc(C(C)(C)C#N)cc21. The largest absolute Gasteiger partial charge is 0.351 e. The van der Waals surface area contributed by atoms with Crippen LogP contribution in [0, 0.1) is 11.3 Å². The van der Waals surface area contributed by atoms with Crippen molar-refractivity contribution in [2.24, 2.45) is 7.05 Å². The lowest BCUT2D eigenvalue weighted by atomic mass is 9.86. The molecule has 2 nitrogen and oxygen atoms in total. The van der Waals surface area contributed by atoms with E-state index in [1.54, 1.807) is 0 Å². The third-order valence-corrected chi connectivity index (χ3v) is 2.89. The van der Waals surface area contributed by atoms with Gasteiger partial charge in [0, 0.05) is 18.8 Å². The van der Waals surface area contributed by atoms with Crippen LogP contribution in [0.2, 0.25) is 0 Å². The van der Waals surface area contributed by atoms with E-state index in [0.29, 0.717) is 0 Å². The second-order valence-corrected chi connectivity index (χ2v) is 4.44. The quantitative estimate of drug-likeness (QED) is 0.692. The van der Waals surface area contributed by atoms with Crippen LogP contribution in [0.1, 0.15) is 19.4 Å². The molecular formula is C13H14N2. The summed E-state index contributed by atoms with van der Waals surface area (Å²) in [6.07, 6.45) is 2.04. The summed E-state index contributed by atoms with van der Waals surface area (Å²) in [5.74, 6) is 0. The minimum Gasteiger partial charge on any atom is -0.351 e. The summed E-state index contributed by atoms with van der Waals surface area (Å²) in [6.45, 7) is 3.88. The molecule has 0 N–H and O–H groups in total. The molecule has 2 rings (SSSR count). The molecule has 1 aromatic heterocycles. The summed E-state index contributed by atoms with van der Waals surface area (Å²) in [5, 5.41) is 10.3. The van der Waals surface area contributed by atoms with Crippen molar-refractivity contribution in [3.63, 3.8) is 0 Å². The molecule has 0 fully saturated rings. The lowest BCUT2D eigenvalue weighted by Crippen LogP contribution is -2.13. The van der Waals surface area contributed by atoms with Crippen LogP contribution in [-0.2, 0) is 12.5 Å². The van der Waals surface area contributed by atoms with Crippen LogP contribution in [0.5, 0.6) is 0 Å². The predicted octanol–water partition coefficient (Wildman–Crippen LogP) is 2.98. The molecule has 2 heteroatoms. The van der Waals surface area contributed by atoms with Crippen LogP contribution in [-0.4, -0.2) is 4.57 Å². The fourth-order valence-electron chi connectivity index (χ4n) is 1.72. The van der Waals surface area contributed by atoms with Gasteiger partial charge in [0.15, 0.2) is 0 Å². The Kier molecular flexibility index (Phi) is 2.04. The molecular weight excluding hydrogens is 184 g/mol. The Balaban J connectivity index is 2.66. The number of aryl methyl sites for hydroxylation is 1. The minimum absolute atomic E-state index is 0.418. The minimum atomic E-state index is -0.418. The Hall–Kier alpha value is -1.75. The molecule has 0 aliphatic rings. The predicted molar refractivity (Wildman–Crippen MR) is 61.6 cm³/mol. The van der Waals surface area contributed by atoms with Gasteiger partial charge < -0.3 is 4.57 Å². The molecule has 0 aliphatic carbocycles. The summed E-state index contributed by atoms with van der Waals surface area (Å²) >= 11 is 0. The van der Waals surface area contributed by atoms with Crippen LogP contribution < -0.4 is 0 Å². The van der Waals surface area contributed by atoms with E-state index in [2.05, 4.69) is 28.8 Å². The van der Waals surface area contributed by atoms with E-state index in [0.717, 1.165) is 5.56 Å². The number of aromatic nitrogens is 1. The molecule has 76 valence electrons. The summed E-state index contributed by atoms with van der Waals surface area (Å²) in [7, 11) is 2.02. The third kappa shape index (κ3) is 1.50. The molecule has 0 unspecified atom stereocenters. The third-order valence-electron chi connectivity index (χ3n) is 2.89. The highest BCUT2D eigenvalue weighted by Crippen LogP contribution is 2.26. The van der Waals surface area contributed by atoms with Crippen molar-refractivity contribution in [3.8, 4) is 6.07 Å². The first-order chi connectivity index (χ1) is 7.04. The molecule has 0 amide bonds. The van der Waals surface area contributed by atoms with E-state index in [-0.39, 0.29) is 0 Å². The number of rotatable bonds is 1. The zero-order chi connectivity index (χ0) is 11.1. The number of fused-ring (bicyclic) bond motifs is 1. The fraction of sp³-hybridized carbons (Fsp3) is 0.308. The van der Waals surface area contributed by atoms with Crippen molar-refractivity contribution >= 4 is 10.9 Å². The van der Waals surface area contributed by atoms with E-state index in [4.69, 9.17) is 5.26 Å². The normalized spacial score (nSPS) is 11.6. The maximum Gasteiger partial charge on any atom is 0.0767 e. The van der Waals surface area contributed by atoms with Gasteiger partial charge in [-0.3, -0.25) is 0 Å². The highest BCUT2D eigenvalue weighted by atomic mass is 14.9. The second kappa shape index (κ2) is 3.13. The van der Waals surface area contributed by atoms with Gasteiger partial charge in [-0.15, -0.1) is 0 Å². The molecule has 0 radical (unpaired) electrons. The van der Waals surface area contributed by atoms with Gasteiger partial charge in [0.2, 0.25) is 0 Å². The Morgan fingerprint density at radius 1 is 1.27 bits per heavy atom. The molecule has 1 heterocycles. The van der Waals surface area contributed by atoms with Gasteiger partial charge in [-0.1, -0.05) is 12.1 Å². The second-order valence-electron chi connectivity index (χ2n) is 4.44. The van der Waals surface area contributed by atoms with Crippen LogP contribution in [0.25, 0.3) is 10.9 Å². The van der Waals surface area contributed by atoms with Crippen LogP contribution in [0.15, 0.2) is 30.5 Å². The van der Waals surface area contributed by atoms with Crippen molar-refractivity contribution in [3.05, 3.63) is 36.0 Å². The van der Waals surface area contributed by atoms with Gasteiger partial charge in [0.25, 0.3) is 0 Å². The number of benzene rings is 1. The Bertz CT molecular complexity index is 541. The summed E-state index contributed by atoms with van der Waals surface area (Å²) in [6, 6.07) is 10.6. The number of hydrogen-bond acceptors (Lipinski definition) is 1. The average molecular weight is 198 g/mol. The van der Waals surface area contributed by atoms with Crippen molar-refractivity contribution in [1.29, 1.82) is 5.26 Å². The van der Waals surface area contributed by atoms with Crippen molar-refractivity contribution < 1.29 is 0 Å². The smallest absolute Gasteiger partial charge is 0.0767 e. The highest BCUT2D eigenvalue weighted by molar-refractivity contribution is 5.81. The molecule has 0 aliphatic heterocycles. The highest BCUT2D eigenvalue weighted by Gasteiger charge is 2.19. The molecule has 1 aromatic carbocycles. The zero-order valence-electron chi connectivity index (χ0n) is 9.28. The number of nitriles is 1. The van der Waals surface area contributed by atoms with Crippen LogP contribution in [0.4, 0.5) is 0 Å². The average Bonchev–Trinajstić information content (AvgIpc) is 2.60. The van der Waals surface area contributed by atoms with E-state index < -0.39 is 5.41 Å². The lowest BCUT2D eigenvalue weighted by molar-refractivity contribution is 0.687.